The predicted molar refractivity (Wildman–Crippen MR) is 55.7 cm³/mol. The molecule has 0 aliphatic heterocycles. The zero-order valence-corrected chi connectivity index (χ0v) is 8.27. The Morgan fingerprint density at radius 2 is 2.00 bits per heavy atom. The number of benzene rings is 1. The third-order valence-electron chi connectivity index (χ3n) is 2.23. The fourth-order valence-corrected chi connectivity index (χ4v) is 1.42. The number of hydrogen-bond donors (Lipinski definition) is 0. The molecule has 0 saturated heterocycles. The average Bonchev–Trinajstić information content (AvgIpc) is 2.67. The lowest BCUT2D eigenvalue weighted by Gasteiger charge is -2.02. The van der Waals surface area contributed by atoms with Crippen LogP contribution >= 0.6 is 0 Å². The zero-order valence-electron chi connectivity index (χ0n) is 8.27. The molecule has 76 valence electrons. The van der Waals surface area contributed by atoms with Crippen molar-refractivity contribution in [3.63, 3.8) is 0 Å². The maximum absolute atomic E-state index is 13.4. The van der Waals surface area contributed by atoms with Crippen molar-refractivity contribution in [3.05, 3.63) is 54.1 Å². The van der Waals surface area contributed by atoms with Gasteiger partial charge in [-0.3, -0.25) is 4.79 Å². The molecule has 1 heterocycles. The molecule has 0 aliphatic carbocycles. The van der Waals surface area contributed by atoms with Gasteiger partial charge in [-0.25, -0.2) is 4.39 Å². The van der Waals surface area contributed by atoms with E-state index in [9.17, 15) is 9.18 Å². The minimum absolute atomic E-state index is 0.0231. The van der Waals surface area contributed by atoms with E-state index in [1.165, 1.54) is 13.0 Å². The quantitative estimate of drug-likeness (QED) is 0.688. The molecule has 2 aromatic rings. The number of para-hydroxylation sites is 1. The molecule has 2 rings (SSSR count). The molecule has 1 aromatic heterocycles. The Hall–Kier alpha value is -1.90. The summed E-state index contributed by atoms with van der Waals surface area (Å²) in [6, 6.07) is 8.12. The van der Waals surface area contributed by atoms with Gasteiger partial charge in [-0.1, -0.05) is 12.1 Å². The number of nitrogens with zero attached hydrogens (tertiary/aromatic N) is 1. The fraction of sp³-hybridized carbons (Fsp3) is 0.0833. The van der Waals surface area contributed by atoms with Crippen LogP contribution in [0, 0.1) is 5.82 Å². The molecule has 0 fully saturated rings. The van der Waals surface area contributed by atoms with Crippen LogP contribution in [0.25, 0.3) is 5.69 Å². The highest BCUT2D eigenvalue weighted by atomic mass is 19.1. The van der Waals surface area contributed by atoms with Crippen molar-refractivity contribution in [2.75, 3.05) is 0 Å². The highest BCUT2D eigenvalue weighted by Gasteiger charge is 2.05. The topological polar surface area (TPSA) is 22.0 Å². The third kappa shape index (κ3) is 1.81. The smallest absolute Gasteiger partial charge is 0.161 e. The van der Waals surface area contributed by atoms with Gasteiger partial charge in [0, 0.05) is 18.0 Å². The lowest BCUT2D eigenvalue weighted by molar-refractivity contribution is 0.101. The van der Waals surface area contributed by atoms with Crippen molar-refractivity contribution in [1.29, 1.82) is 0 Å². The minimum atomic E-state index is -0.303. The molecule has 0 unspecified atom stereocenters. The number of hydrogen-bond acceptors (Lipinski definition) is 1. The second-order valence-electron chi connectivity index (χ2n) is 3.32. The van der Waals surface area contributed by atoms with E-state index in [4.69, 9.17) is 0 Å². The van der Waals surface area contributed by atoms with Crippen LogP contribution in [0.5, 0.6) is 0 Å². The van der Waals surface area contributed by atoms with Gasteiger partial charge in [0.15, 0.2) is 5.78 Å². The number of rotatable bonds is 2. The molecule has 0 saturated carbocycles. The summed E-state index contributed by atoms with van der Waals surface area (Å²) in [6.45, 7) is 1.49. The first-order chi connectivity index (χ1) is 7.18. The van der Waals surface area contributed by atoms with Gasteiger partial charge < -0.3 is 4.57 Å². The van der Waals surface area contributed by atoms with Crippen LogP contribution in [0.3, 0.4) is 0 Å². The Labute approximate surface area is 87.0 Å². The number of Topliss-reactive ketones (excluding diaryl/α,β-unsaturated/α-hetero) is 1. The molecule has 0 N–H and O–H groups in total. The summed E-state index contributed by atoms with van der Waals surface area (Å²) < 4.78 is 15.0. The van der Waals surface area contributed by atoms with Gasteiger partial charge in [0.1, 0.15) is 5.82 Å². The number of halogens is 1. The van der Waals surface area contributed by atoms with Crippen LogP contribution in [0.2, 0.25) is 0 Å². The maximum Gasteiger partial charge on any atom is 0.161 e. The summed E-state index contributed by atoms with van der Waals surface area (Å²) in [7, 11) is 0. The Balaban J connectivity index is 2.46. The number of carbonyl (C=O) groups excluding carboxylic acids is 1. The molecule has 2 nitrogen and oxygen atoms in total. The van der Waals surface area contributed by atoms with E-state index in [2.05, 4.69) is 0 Å². The van der Waals surface area contributed by atoms with Crippen LogP contribution < -0.4 is 0 Å². The van der Waals surface area contributed by atoms with Crippen molar-refractivity contribution >= 4 is 5.78 Å². The first-order valence-electron chi connectivity index (χ1n) is 4.62. The van der Waals surface area contributed by atoms with Crippen molar-refractivity contribution in [2.45, 2.75) is 6.92 Å². The largest absolute Gasteiger partial charge is 0.321 e. The summed E-state index contributed by atoms with van der Waals surface area (Å²) in [4.78, 5) is 11.1. The Morgan fingerprint density at radius 1 is 1.27 bits per heavy atom. The molecule has 15 heavy (non-hydrogen) atoms. The van der Waals surface area contributed by atoms with Gasteiger partial charge in [0.25, 0.3) is 0 Å². The number of aromatic nitrogens is 1. The minimum Gasteiger partial charge on any atom is -0.321 e. The Kier molecular flexibility index (Phi) is 2.37. The Morgan fingerprint density at radius 3 is 2.60 bits per heavy atom. The van der Waals surface area contributed by atoms with E-state index in [1.807, 2.05) is 0 Å². The van der Waals surface area contributed by atoms with Crippen LogP contribution in [0.4, 0.5) is 4.39 Å². The van der Waals surface area contributed by atoms with E-state index in [-0.39, 0.29) is 11.6 Å². The maximum atomic E-state index is 13.4. The predicted octanol–water partition coefficient (Wildman–Crippen LogP) is 2.82. The summed E-state index contributed by atoms with van der Waals surface area (Å²) in [5.74, 6) is -0.326. The van der Waals surface area contributed by atoms with E-state index in [1.54, 1.807) is 41.2 Å². The zero-order chi connectivity index (χ0) is 10.8. The van der Waals surface area contributed by atoms with Gasteiger partial charge in [0.2, 0.25) is 0 Å². The normalized spacial score (nSPS) is 10.3. The standard InChI is InChI=1S/C12H10FNO/c1-9(15)10-6-7-14(8-10)12-5-3-2-4-11(12)13/h2-8H,1H3. The molecular formula is C12H10FNO. The lowest BCUT2D eigenvalue weighted by Crippen LogP contribution is -1.94. The van der Waals surface area contributed by atoms with E-state index in [0.29, 0.717) is 11.3 Å². The molecule has 3 heteroatoms. The molecule has 0 aliphatic rings. The summed E-state index contributed by atoms with van der Waals surface area (Å²) in [5.41, 5.74) is 1.03. The van der Waals surface area contributed by atoms with Crippen molar-refractivity contribution in [2.24, 2.45) is 0 Å². The third-order valence-corrected chi connectivity index (χ3v) is 2.23. The van der Waals surface area contributed by atoms with Gasteiger partial charge in [0.05, 0.1) is 5.69 Å². The van der Waals surface area contributed by atoms with E-state index in [0.717, 1.165) is 0 Å². The van der Waals surface area contributed by atoms with Gasteiger partial charge in [-0.2, -0.15) is 0 Å². The highest BCUT2D eigenvalue weighted by Crippen LogP contribution is 2.14. The monoisotopic (exact) mass is 203 g/mol. The second-order valence-corrected chi connectivity index (χ2v) is 3.32. The van der Waals surface area contributed by atoms with E-state index >= 15 is 0 Å². The highest BCUT2D eigenvalue weighted by molar-refractivity contribution is 5.93. The van der Waals surface area contributed by atoms with E-state index < -0.39 is 0 Å². The summed E-state index contributed by atoms with van der Waals surface area (Å²) >= 11 is 0. The van der Waals surface area contributed by atoms with Crippen molar-refractivity contribution < 1.29 is 9.18 Å². The molecule has 0 atom stereocenters. The number of carbonyl (C=O) groups is 1. The van der Waals surface area contributed by atoms with Gasteiger partial charge >= 0.3 is 0 Å². The summed E-state index contributed by atoms with van der Waals surface area (Å²) in [6.07, 6.45) is 3.30. The van der Waals surface area contributed by atoms with Crippen LogP contribution in [-0.4, -0.2) is 10.4 Å². The first-order valence-corrected chi connectivity index (χ1v) is 4.62. The second kappa shape index (κ2) is 3.69. The molecule has 0 radical (unpaired) electrons. The van der Waals surface area contributed by atoms with Gasteiger partial charge in [-0.15, -0.1) is 0 Å². The SMILES string of the molecule is CC(=O)c1ccn(-c2ccccc2F)c1. The number of ketones is 1. The average molecular weight is 203 g/mol. The fourth-order valence-electron chi connectivity index (χ4n) is 1.42. The molecule has 1 aromatic carbocycles. The molecular weight excluding hydrogens is 193 g/mol. The van der Waals surface area contributed by atoms with Crippen LogP contribution in [0.1, 0.15) is 17.3 Å². The lowest BCUT2D eigenvalue weighted by atomic mass is 10.2. The first kappa shape index (κ1) is 9.65. The van der Waals surface area contributed by atoms with Crippen LogP contribution in [-0.2, 0) is 0 Å². The van der Waals surface area contributed by atoms with Crippen LogP contribution in [0.15, 0.2) is 42.7 Å². The van der Waals surface area contributed by atoms with Crippen molar-refractivity contribution in [3.8, 4) is 5.69 Å². The van der Waals surface area contributed by atoms with Crippen molar-refractivity contribution in [1.82, 2.24) is 4.57 Å². The molecule has 0 spiro atoms. The Bertz CT molecular complexity index is 502. The summed E-state index contributed by atoms with van der Waals surface area (Å²) in [5, 5.41) is 0. The van der Waals surface area contributed by atoms with Gasteiger partial charge in [-0.05, 0) is 25.1 Å². The molecule has 0 amide bonds. The molecule has 0 bridgehead atoms.